The lowest BCUT2D eigenvalue weighted by atomic mass is 9.96. The summed E-state index contributed by atoms with van der Waals surface area (Å²) in [4.78, 5) is 40.7. The first-order chi connectivity index (χ1) is 18.9. The third-order valence-electron chi connectivity index (χ3n) is 6.69. The molecule has 0 unspecified atom stereocenters. The van der Waals surface area contributed by atoms with E-state index >= 15 is 0 Å². The van der Waals surface area contributed by atoms with Crippen molar-refractivity contribution < 1.29 is 24.2 Å². The maximum atomic E-state index is 13.8. The van der Waals surface area contributed by atoms with Gasteiger partial charge >= 0.3 is 5.97 Å². The summed E-state index contributed by atoms with van der Waals surface area (Å²) in [6, 6.07) is 27.0. The minimum Gasteiger partial charge on any atom is -0.497 e. The first-order valence-corrected chi connectivity index (χ1v) is 13.4. The Morgan fingerprint density at radius 2 is 1.33 bits per heavy atom. The Morgan fingerprint density at radius 3 is 1.85 bits per heavy atom. The molecule has 0 bridgehead atoms. The average Bonchev–Trinajstić information content (AvgIpc) is 2.95. The molecule has 0 saturated heterocycles. The molecular formula is C32H38N2O5. The minimum absolute atomic E-state index is 0.00386. The van der Waals surface area contributed by atoms with Gasteiger partial charge in [0.2, 0.25) is 11.8 Å². The highest BCUT2D eigenvalue weighted by molar-refractivity contribution is 5.91. The van der Waals surface area contributed by atoms with E-state index in [1.165, 1.54) is 6.92 Å². The highest BCUT2D eigenvalue weighted by Crippen LogP contribution is 2.30. The van der Waals surface area contributed by atoms with Crippen LogP contribution < -0.4 is 9.64 Å². The van der Waals surface area contributed by atoms with Crippen LogP contribution in [-0.4, -0.2) is 48.0 Å². The fourth-order valence-electron chi connectivity index (χ4n) is 4.72. The van der Waals surface area contributed by atoms with Crippen LogP contribution in [0.5, 0.6) is 5.75 Å². The molecule has 0 spiro atoms. The number of hydrogen-bond donors (Lipinski definition) is 1. The summed E-state index contributed by atoms with van der Waals surface area (Å²) in [6.07, 6.45) is 2.93. The Kier molecular flexibility index (Phi) is 11.6. The van der Waals surface area contributed by atoms with Gasteiger partial charge in [-0.15, -0.1) is 0 Å². The van der Waals surface area contributed by atoms with Crippen molar-refractivity contribution in [1.29, 1.82) is 0 Å². The van der Waals surface area contributed by atoms with Gasteiger partial charge < -0.3 is 19.6 Å². The number of carbonyl (C=O) groups excluding carboxylic acids is 2. The third kappa shape index (κ3) is 8.99. The lowest BCUT2D eigenvalue weighted by Gasteiger charge is -2.33. The van der Waals surface area contributed by atoms with Crippen molar-refractivity contribution in [2.24, 2.45) is 0 Å². The number of hydrogen-bond acceptors (Lipinski definition) is 4. The zero-order valence-electron chi connectivity index (χ0n) is 22.8. The molecule has 3 aromatic rings. The number of anilines is 1. The van der Waals surface area contributed by atoms with Crippen molar-refractivity contribution >= 4 is 23.5 Å². The van der Waals surface area contributed by atoms with Gasteiger partial charge in [0.1, 0.15) is 5.75 Å². The van der Waals surface area contributed by atoms with E-state index in [1.807, 2.05) is 89.8 Å². The summed E-state index contributed by atoms with van der Waals surface area (Å²) in [5.74, 6) is -0.177. The van der Waals surface area contributed by atoms with E-state index in [-0.39, 0.29) is 30.7 Å². The number of ether oxygens (including phenoxy) is 1. The molecule has 206 valence electrons. The second kappa shape index (κ2) is 15.3. The molecule has 0 radical (unpaired) electrons. The lowest BCUT2D eigenvalue weighted by molar-refractivity contribution is -0.137. The molecule has 7 heteroatoms. The molecule has 2 amide bonds. The van der Waals surface area contributed by atoms with E-state index in [0.29, 0.717) is 38.1 Å². The summed E-state index contributed by atoms with van der Waals surface area (Å²) in [7, 11) is 1.60. The van der Waals surface area contributed by atoms with E-state index in [1.54, 1.807) is 12.0 Å². The molecule has 39 heavy (non-hydrogen) atoms. The number of carboxylic acid groups (broad SMARTS) is 1. The molecule has 7 nitrogen and oxygen atoms in total. The zero-order chi connectivity index (χ0) is 28.0. The van der Waals surface area contributed by atoms with Crippen LogP contribution >= 0.6 is 0 Å². The normalized spacial score (nSPS) is 10.7. The molecule has 1 N–H and O–H groups in total. The second-order valence-electron chi connectivity index (χ2n) is 9.49. The Morgan fingerprint density at radius 1 is 0.744 bits per heavy atom. The number of rotatable bonds is 15. The topological polar surface area (TPSA) is 87.2 Å². The van der Waals surface area contributed by atoms with Crippen molar-refractivity contribution in [2.75, 3.05) is 25.1 Å². The number of unbranched alkanes of at least 4 members (excludes halogenated alkanes) is 2. The molecule has 3 rings (SSSR count). The largest absolute Gasteiger partial charge is 0.497 e. The average molecular weight is 531 g/mol. The van der Waals surface area contributed by atoms with E-state index in [0.717, 1.165) is 23.2 Å². The molecule has 0 aliphatic rings. The van der Waals surface area contributed by atoms with E-state index < -0.39 is 5.97 Å². The lowest BCUT2D eigenvalue weighted by Crippen LogP contribution is -2.37. The predicted octanol–water partition coefficient (Wildman–Crippen LogP) is 6.09. The Hall–Kier alpha value is -4.13. The molecule has 0 heterocycles. The van der Waals surface area contributed by atoms with Crippen molar-refractivity contribution in [3.8, 4) is 5.75 Å². The Bertz CT molecular complexity index is 1140. The van der Waals surface area contributed by atoms with Crippen LogP contribution in [0.15, 0.2) is 84.9 Å². The molecule has 0 aromatic heterocycles. The van der Waals surface area contributed by atoms with Crippen LogP contribution in [0.3, 0.4) is 0 Å². The number of aliphatic carboxylic acids is 1. The fourth-order valence-corrected chi connectivity index (χ4v) is 4.72. The number of methoxy groups -OCH3 is 1. The summed E-state index contributed by atoms with van der Waals surface area (Å²) in [5.41, 5.74) is 2.80. The Labute approximate surface area is 231 Å². The predicted molar refractivity (Wildman–Crippen MR) is 153 cm³/mol. The monoisotopic (exact) mass is 530 g/mol. The van der Waals surface area contributed by atoms with Gasteiger partial charge in [0.25, 0.3) is 0 Å². The molecule has 0 fully saturated rings. The van der Waals surface area contributed by atoms with Crippen LogP contribution in [0.2, 0.25) is 0 Å². The van der Waals surface area contributed by atoms with Gasteiger partial charge in [-0.1, -0.05) is 67.1 Å². The minimum atomic E-state index is -0.804. The van der Waals surface area contributed by atoms with E-state index in [2.05, 4.69) is 0 Å². The van der Waals surface area contributed by atoms with Gasteiger partial charge in [0, 0.05) is 38.5 Å². The van der Waals surface area contributed by atoms with Gasteiger partial charge in [0.05, 0.1) is 13.2 Å². The van der Waals surface area contributed by atoms with Gasteiger partial charge in [-0.05, 0) is 54.7 Å². The first-order valence-electron chi connectivity index (χ1n) is 13.4. The SMILES string of the molecule is COc1ccc(N(CCCC(=O)N(CCCCCC(=O)O)C(c2ccccc2)c2ccccc2)C(C)=O)cc1. The molecule has 0 aliphatic heterocycles. The van der Waals surface area contributed by atoms with Crippen LogP contribution in [-0.2, 0) is 14.4 Å². The van der Waals surface area contributed by atoms with E-state index in [9.17, 15) is 14.4 Å². The highest BCUT2D eigenvalue weighted by atomic mass is 16.5. The number of amides is 2. The molecular weight excluding hydrogens is 492 g/mol. The fraction of sp³-hybridized carbons (Fsp3) is 0.344. The number of carbonyl (C=O) groups is 3. The molecule has 0 aliphatic carbocycles. The van der Waals surface area contributed by atoms with Crippen LogP contribution in [0.25, 0.3) is 0 Å². The standard InChI is InChI=1S/C32H38N2O5/c1-25(35)33(28-19-21-29(39-2)22-20-28)24-12-17-30(36)34(23-11-5-10-18-31(37)38)32(26-13-6-3-7-14-26)27-15-8-4-9-16-27/h3-4,6-9,13-16,19-22,32H,5,10-12,17-18,23-24H2,1-2H3,(H,37,38). The van der Waals surface area contributed by atoms with Crippen LogP contribution in [0.1, 0.15) is 62.6 Å². The number of nitrogens with zero attached hydrogens (tertiary/aromatic N) is 2. The van der Waals surface area contributed by atoms with Crippen molar-refractivity contribution in [3.05, 3.63) is 96.1 Å². The number of carboxylic acids is 1. The summed E-state index contributed by atoms with van der Waals surface area (Å²) < 4.78 is 5.22. The van der Waals surface area contributed by atoms with Gasteiger partial charge in [-0.25, -0.2) is 0 Å². The van der Waals surface area contributed by atoms with Crippen molar-refractivity contribution in [2.45, 2.75) is 51.5 Å². The van der Waals surface area contributed by atoms with Crippen molar-refractivity contribution in [1.82, 2.24) is 4.90 Å². The Balaban J connectivity index is 1.77. The summed E-state index contributed by atoms with van der Waals surface area (Å²) >= 11 is 0. The van der Waals surface area contributed by atoms with Crippen molar-refractivity contribution in [3.63, 3.8) is 0 Å². The third-order valence-corrected chi connectivity index (χ3v) is 6.69. The van der Waals surface area contributed by atoms with Gasteiger partial charge in [-0.2, -0.15) is 0 Å². The maximum absolute atomic E-state index is 13.8. The summed E-state index contributed by atoms with van der Waals surface area (Å²) in [6.45, 7) is 2.46. The molecule has 0 atom stereocenters. The van der Waals surface area contributed by atoms with E-state index in [4.69, 9.17) is 9.84 Å². The van der Waals surface area contributed by atoms with Gasteiger partial charge in [-0.3, -0.25) is 14.4 Å². The van der Waals surface area contributed by atoms with Gasteiger partial charge in [0.15, 0.2) is 0 Å². The summed E-state index contributed by atoms with van der Waals surface area (Å²) in [5, 5.41) is 8.99. The second-order valence-corrected chi connectivity index (χ2v) is 9.49. The molecule has 3 aromatic carbocycles. The quantitative estimate of drug-likeness (QED) is 0.240. The highest BCUT2D eigenvalue weighted by Gasteiger charge is 2.26. The van der Waals surface area contributed by atoms with Crippen LogP contribution in [0.4, 0.5) is 5.69 Å². The zero-order valence-corrected chi connectivity index (χ0v) is 22.8. The maximum Gasteiger partial charge on any atom is 0.303 e. The smallest absolute Gasteiger partial charge is 0.303 e. The first kappa shape index (κ1) is 29.4. The number of benzene rings is 3. The van der Waals surface area contributed by atoms with Crippen LogP contribution in [0, 0.1) is 0 Å². The molecule has 0 saturated carbocycles.